The van der Waals surface area contributed by atoms with Gasteiger partial charge in [0.1, 0.15) is 11.1 Å². The van der Waals surface area contributed by atoms with Crippen LogP contribution in [-0.2, 0) is 0 Å². The molecule has 118 valence electrons. The Bertz CT molecular complexity index is 664. The second kappa shape index (κ2) is 6.05. The summed E-state index contributed by atoms with van der Waals surface area (Å²) in [5.41, 5.74) is 0. The highest BCUT2D eigenvalue weighted by atomic mass is 35.5. The molecule has 0 unspecified atom stereocenters. The summed E-state index contributed by atoms with van der Waals surface area (Å²) in [6, 6.07) is 0.287. The summed E-state index contributed by atoms with van der Waals surface area (Å²) < 4.78 is 10.4. The summed E-state index contributed by atoms with van der Waals surface area (Å²) in [7, 11) is 3.56. The van der Waals surface area contributed by atoms with Crippen LogP contribution in [0.1, 0.15) is 17.8 Å². The monoisotopic (exact) mass is 324 g/mol. The van der Waals surface area contributed by atoms with Crippen LogP contribution < -0.4 is 9.64 Å². The van der Waals surface area contributed by atoms with Gasteiger partial charge in [-0.1, -0.05) is 16.8 Å². The minimum absolute atomic E-state index is 0.00743. The average Bonchev–Trinajstić information content (AvgIpc) is 2.95. The molecule has 1 aliphatic heterocycles. The van der Waals surface area contributed by atoms with E-state index in [0.29, 0.717) is 35.1 Å². The molecule has 0 N–H and O–H groups in total. The number of aryl methyl sites for hydroxylation is 1. The minimum atomic E-state index is -0.00743. The van der Waals surface area contributed by atoms with Crippen LogP contribution in [0.25, 0.3) is 0 Å². The molecule has 0 spiro atoms. The zero-order chi connectivity index (χ0) is 15.7. The molecular formula is C13H17ClN6O2. The van der Waals surface area contributed by atoms with Gasteiger partial charge in [-0.15, -0.1) is 0 Å². The van der Waals surface area contributed by atoms with Crippen LogP contribution in [0, 0.1) is 6.92 Å². The lowest BCUT2D eigenvalue weighted by Crippen LogP contribution is -2.47. The third-order valence-corrected chi connectivity index (χ3v) is 3.93. The van der Waals surface area contributed by atoms with Crippen molar-refractivity contribution < 1.29 is 9.26 Å². The highest BCUT2D eigenvalue weighted by molar-refractivity contribution is 6.32. The smallest absolute Gasteiger partial charge is 0.318 e. The first-order chi connectivity index (χ1) is 10.6. The molecule has 8 nitrogen and oxygen atoms in total. The number of hydrogen-bond acceptors (Lipinski definition) is 8. The van der Waals surface area contributed by atoms with Crippen LogP contribution in [0.2, 0.25) is 5.02 Å². The molecule has 0 radical (unpaired) electrons. The van der Waals surface area contributed by atoms with Gasteiger partial charge in [0.05, 0.1) is 13.3 Å². The predicted octanol–water partition coefficient (Wildman–Crippen LogP) is 1.32. The molecular weight excluding hydrogens is 308 g/mol. The minimum Gasteiger partial charge on any atom is -0.467 e. The standard InChI is InChI=1S/C13H17ClN6O2/c1-8-16-12(22-18-8)10-7-20(5-4-19(10)2)11-9(14)6-15-13(17-11)21-3/h6,10H,4-5,7H2,1-3H3/t10-/m1/s1. The first kappa shape index (κ1) is 15.0. The maximum atomic E-state index is 6.23. The molecule has 1 fully saturated rings. The largest absolute Gasteiger partial charge is 0.467 e. The topological polar surface area (TPSA) is 80.4 Å². The second-order valence-electron chi connectivity index (χ2n) is 5.15. The van der Waals surface area contributed by atoms with Crippen molar-refractivity contribution in [2.75, 3.05) is 38.7 Å². The second-order valence-corrected chi connectivity index (χ2v) is 5.56. The van der Waals surface area contributed by atoms with Gasteiger partial charge in [-0.2, -0.15) is 9.97 Å². The first-order valence-electron chi connectivity index (χ1n) is 6.90. The number of likely N-dealkylation sites (N-methyl/N-ethyl adjacent to an activating group) is 1. The van der Waals surface area contributed by atoms with E-state index in [1.54, 1.807) is 13.1 Å². The van der Waals surface area contributed by atoms with Gasteiger partial charge in [0.15, 0.2) is 11.6 Å². The summed E-state index contributed by atoms with van der Waals surface area (Å²) in [5.74, 6) is 1.88. The molecule has 1 atom stereocenters. The van der Waals surface area contributed by atoms with Gasteiger partial charge in [0.25, 0.3) is 0 Å². The molecule has 3 heterocycles. The van der Waals surface area contributed by atoms with E-state index < -0.39 is 0 Å². The Labute approximate surface area is 133 Å². The van der Waals surface area contributed by atoms with Crippen molar-refractivity contribution in [3.63, 3.8) is 0 Å². The summed E-state index contributed by atoms with van der Waals surface area (Å²) in [4.78, 5) is 16.9. The molecule has 2 aromatic heterocycles. The summed E-state index contributed by atoms with van der Waals surface area (Å²) in [6.45, 7) is 4.08. The van der Waals surface area contributed by atoms with Crippen molar-refractivity contribution in [2.45, 2.75) is 13.0 Å². The number of ether oxygens (including phenoxy) is 1. The SMILES string of the molecule is COc1ncc(Cl)c(N2CCN(C)[C@@H](c3nc(C)no3)C2)n1. The fourth-order valence-electron chi connectivity index (χ4n) is 2.44. The van der Waals surface area contributed by atoms with E-state index in [2.05, 4.69) is 29.9 Å². The molecule has 3 rings (SSSR count). The summed E-state index contributed by atoms with van der Waals surface area (Å²) in [5, 5.41) is 4.36. The molecule has 0 aliphatic carbocycles. The maximum Gasteiger partial charge on any atom is 0.318 e. The van der Waals surface area contributed by atoms with Gasteiger partial charge in [0.2, 0.25) is 5.89 Å². The van der Waals surface area contributed by atoms with E-state index in [4.69, 9.17) is 20.9 Å². The van der Waals surface area contributed by atoms with Gasteiger partial charge < -0.3 is 14.2 Å². The van der Waals surface area contributed by atoms with E-state index in [9.17, 15) is 0 Å². The van der Waals surface area contributed by atoms with E-state index in [-0.39, 0.29) is 6.04 Å². The number of rotatable bonds is 3. The van der Waals surface area contributed by atoms with Gasteiger partial charge in [-0.05, 0) is 14.0 Å². The Morgan fingerprint density at radius 3 is 2.86 bits per heavy atom. The third-order valence-electron chi connectivity index (χ3n) is 3.66. The highest BCUT2D eigenvalue weighted by Gasteiger charge is 2.31. The highest BCUT2D eigenvalue weighted by Crippen LogP contribution is 2.30. The van der Waals surface area contributed by atoms with E-state index in [0.717, 1.165) is 13.1 Å². The fraction of sp³-hybridized carbons (Fsp3) is 0.538. The number of hydrogen-bond donors (Lipinski definition) is 0. The molecule has 1 saturated heterocycles. The van der Waals surface area contributed by atoms with Crippen LogP contribution in [0.5, 0.6) is 6.01 Å². The first-order valence-corrected chi connectivity index (χ1v) is 7.28. The van der Waals surface area contributed by atoms with Gasteiger partial charge >= 0.3 is 6.01 Å². The quantitative estimate of drug-likeness (QED) is 0.836. The zero-order valence-electron chi connectivity index (χ0n) is 12.7. The van der Waals surface area contributed by atoms with E-state index >= 15 is 0 Å². The molecule has 1 aliphatic rings. The third kappa shape index (κ3) is 2.84. The molecule has 2 aromatic rings. The van der Waals surface area contributed by atoms with Crippen molar-refractivity contribution in [3.05, 3.63) is 22.9 Å². The van der Waals surface area contributed by atoms with E-state index in [1.165, 1.54) is 7.11 Å². The summed E-state index contributed by atoms with van der Waals surface area (Å²) in [6.07, 6.45) is 1.55. The maximum absolute atomic E-state index is 6.23. The fourth-order valence-corrected chi connectivity index (χ4v) is 2.65. The Morgan fingerprint density at radius 2 is 2.18 bits per heavy atom. The Kier molecular flexibility index (Phi) is 4.12. The Hall–Kier alpha value is -1.93. The molecule has 9 heteroatoms. The molecule has 22 heavy (non-hydrogen) atoms. The predicted molar refractivity (Wildman–Crippen MR) is 80.2 cm³/mol. The molecule has 0 aromatic carbocycles. The Balaban J connectivity index is 1.87. The lowest BCUT2D eigenvalue weighted by molar-refractivity contribution is 0.177. The van der Waals surface area contributed by atoms with Crippen LogP contribution in [0.4, 0.5) is 5.82 Å². The van der Waals surface area contributed by atoms with Crippen molar-refractivity contribution in [1.29, 1.82) is 0 Å². The van der Waals surface area contributed by atoms with Gasteiger partial charge in [0, 0.05) is 19.6 Å². The molecule has 0 bridgehead atoms. The van der Waals surface area contributed by atoms with Crippen molar-refractivity contribution in [2.24, 2.45) is 0 Å². The van der Waals surface area contributed by atoms with Crippen molar-refractivity contribution in [3.8, 4) is 6.01 Å². The number of piperazine rings is 1. The average molecular weight is 325 g/mol. The van der Waals surface area contributed by atoms with Crippen molar-refractivity contribution in [1.82, 2.24) is 25.0 Å². The zero-order valence-corrected chi connectivity index (χ0v) is 13.4. The number of halogens is 1. The van der Waals surface area contributed by atoms with E-state index in [1.807, 2.05) is 7.05 Å². The number of nitrogens with zero attached hydrogens (tertiary/aromatic N) is 6. The van der Waals surface area contributed by atoms with Gasteiger partial charge in [-0.25, -0.2) is 4.98 Å². The summed E-state index contributed by atoms with van der Waals surface area (Å²) >= 11 is 6.23. The molecule has 0 amide bonds. The van der Waals surface area contributed by atoms with Crippen LogP contribution in [0.3, 0.4) is 0 Å². The van der Waals surface area contributed by atoms with Crippen LogP contribution in [0.15, 0.2) is 10.7 Å². The normalized spacial score (nSPS) is 19.5. The number of methoxy groups -OCH3 is 1. The lowest BCUT2D eigenvalue weighted by atomic mass is 10.1. The number of aromatic nitrogens is 4. The lowest BCUT2D eigenvalue weighted by Gasteiger charge is -2.38. The van der Waals surface area contributed by atoms with Gasteiger partial charge in [-0.3, -0.25) is 4.90 Å². The number of anilines is 1. The molecule has 0 saturated carbocycles. The van der Waals surface area contributed by atoms with Crippen LogP contribution in [-0.4, -0.2) is 58.8 Å². The van der Waals surface area contributed by atoms with Crippen LogP contribution >= 0.6 is 11.6 Å². The van der Waals surface area contributed by atoms with Crippen molar-refractivity contribution >= 4 is 17.4 Å². The Morgan fingerprint density at radius 1 is 1.36 bits per heavy atom.